The van der Waals surface area contributed by atoms with Crippen molar-refractivity contribution in [1.82, 2.24) is 4.90 Å². The van der Waals surface area contributed by atoms with E-state index in [0.29, 0.717) is 6.42 Å². The van der Waals surface area contributed by atoms with Crippen LogP contribution in [0.25, 0.3) is 0 Å². The average Bonchev–Trinajstić information content (AvgIpc) is 3.21. The van der Waals surface area contributed by atoms with Crippen molar-refractivity contribution in [3.05, 3.63) is 60.2 Å². The third-order valence-electron chi connectivity index (χ3n) is 6.09. The van der Waals surface area contributed by atoms with Gasteiger partial charge in [0, 0.05) is 29.9 Å². The average molecular weight is 408 g/mol. The van der Waals surface area contributed by atoms with E-state index in [1.165, 1.54) is 10.5 Å². The molecule has 2 fully saturated rings. The fourth-order valence-electron chi connectivity index (χ4n) is 4.35. The predicted molar refractivity (Wildman–Crippen MR) is 119 cm³/mol. The molecule has 4 rings (SSSR count). The first-order valence-electron chi connectivity index (χ1n) is 10.9. The third-order valence-corrected chi connectivity index (χ3v) is 6.09. The number of anilines is 2. The first kappa shape index (κ1) is 20.4. The number of nitrogens with zero attached hydrogens (tertiary/aromatic N) is 2. The lowest BCUT2D eigenvalue weighted by atomic mass is 10.2. The van der Waals surface area contributed by atoms with Gasteiger partial charge in [-0.3, -0.25) is 9.59 Å². The molecule has 2 aliphatic heterocycles. The number of hydrogen-bond acceptors (Lipinski definition) is 3. The Kier molecular flexibility index (Phi) is 6.33. The summed E-state index contributed by atoms with van der Waals surface area (Å²) in [7, 11) is 0. The minimum absolute atomic E-state index is 0.146. The number of carbonyl (C=O) groups excluding carboxylic acids is 2. The zero-order chi connectivity index (χ0) is 20.9. The van der Waals surface area contributed by atoms with Crippen LogP contribution < -0.4 is 15.1 Å². The highest BCUT2D eigenvalue weighted by Gasteiger charge is 2.27. The summed E-state index contributed by atoms with van der Waals surface area (Å²) in [5.41, 5.74) is 3.18. The summed E-state index contributed by atoms with van der Waals surface area (Å²) in [6, 6.07) is 18.1. The van der Waals surface area contributed by atoms with Gasteiger partial charge in [0.1, 0.15) is 12.6 Å². The second kappa shape index (κ2) is 9.30. The smallest absolute Gasteiger partial charge is 0.245 e. The molecule has 6 heteroatoms. The molecule has 2 heterocycles. The van der Waals surface area contributed by atoms with Crippen LogP contribution in [-0.4, -0.2) is 55.5 Å². The van der Waals surface area contributed by atoms with E-state index in [9.17, 15) is 9.59 Å². The molecule has 0 unspecified atom stereocenters. The summed E-state index contributed by atoms with van der Waals surface area (Å²) in [6.07, 6.45) is 1.55. The summed E-state index contributed by atoms with van der Waals surface area (Å²) in [4.78, 5) is 30.1. The van der Waals surface area contributed by atoms with Gasteiger partial charge in [-0.15, -0.1) is 0 Å². The lowest BCUT2D eigenvalue weighted by Gasteiger charge is -2.34. The maximum atomic E-state index is 12.9. The molecule has 0 radical (unpaired) electrons. The molecule has 0 spiro atoms. The summed E-state index contributed by atoms with van der Waals surface area (Å²) >= 11 is 0. The molecule has 0 aliphatic carbocycles. The van der Waals surface area contributed by atoms with Crippen molar-refractivity contribution >= 4 is 23.2 Å². The van der Waals surface area contributed by atoms with E-state index < -0.39 is 0 Å². The Morgan fingerprint density at radius 2 is 1.73 bits per heavy atom. The minimum atomic E-state index is -0.278. The molecule has 6 nitrogen and oxygen atoms in total. The Balaban J connectivity index is 1.26. The molecule has 2 amide bonds. The van der Waals surface area contributed by atoms with Gasteiger partial charge in [-0.2, -0.15) is 0 Å². The second-order valence-corrected chi connectivity index (χ2v) is 8.30. The maximum absolute atomic E-state index is 12.9. The molecule has 0 bridgehead atoms. The van der Waals surface area contributed by atoms with Crippen LogP contribution in [0.3, 0.4) is 0 Å². The molecule has 2 saturated heterocycles. The van der Waals surface area contributed by atoms with Crippen LogP contribution in [0.15, 0.2) is 54.6 Å². The van der Waals surface area contributed by atoms with E-state index >= 15 is 0 Å². The first-order chi connectivity index (χ1) is 14.6. The van der Waals surface area contributed by atoms with Gasteiger partial charge in [0.05, 0.1) is 26.2 Å². The van der Waals surface area contributed by atoms with E-state index in [1.807, 2.05) is 47.1 Å². The normalized spacial score (nSPS) is 18.5. The third kappa shape index (κ3) is 4.82. The second-order valence-electron chi connectivity index (χ2n) is 8.30. The van der Waals surface area contributed by atoms with Gasteiger partial charge < -0.3 is 20.0 Å². The van der Waals surface area contributed by atoms with Crippen LogP contribution in [0.4, 0.5) is 11.4 Å². The van der Waals surface area contributed by atoms with Crippen LogP contribution >= 0.6 is 0 Å². The van der Waals surface area contributed by atoms with Gasteiger partial charge in [-0.05, 0) is 37.6 Å². The lowest BCUT2D eigenvalue weighted by molar-refractivity contribution is -0.917. The molecule has 30 heavy (non-hydrogen) atoms. The molecular formula is C24H31N4O2+. The Hall–Kier alpha value is -2.86. The van der Waals surface area contributed by atoms with Crippen LogP contribution in [0.5, 0.6) is 0 Å². The largest absolute Gasteiger partial charge is 0.374 e. The summed E-state index contributed by atoms with van der Waals surface area (Å²) in [5.74, 6) is 0.334. The fraction of sp³-hybridized carbons (Fsp3) is 0.417. The Labute approximate surface area is 178 Å². The van der Waals surface area contributed by atoms with Gasteiger partial charge in [0.25, 0.3) is 0 Å². The number of piperazine rings is 1. The highest BCUT2D eigenvalue weighted by molar-refractivity contribution is 5.95. The molecule has 158 valence electrons. The molecule has 0 aromatic heterocycles. The van der Waals surface area contributed by atoms with Crippen LogP contribution in [0.2, 0.25) is 0 Å². The van der Waals surface area contributed by atoms with Gasteiger partial charge in [0.2, 0.25) is 11.8 Å². The van der Waals surface area contributed by atoms with Crippen molar-refractivity contribution < 1.29 is 14.5 Å². The first-order valence-corrected chi connectivity index (χ1v) is 10.9. The van der Waals surface area contributed by atoms with E-state index in [0.717, 1.165) is 57.1 Å². The SMILES string of the molecule is C[C@H](Nc1ccc(N2CCCC2=O)cc1)C(=O)N1CC[NH+](Cc2ccccc2)CC1. The van der Waals surface area contributed by atoms with Crippen molar-refractivity contribution in [2.24, 2.45) is 0 Å². The molecule has 1 atom stereocenters. The number of hydrogen-bond donors (Lipinski definition) is 2. The molecule has 0 saturated carbocycles. The monoisotopic (exact) mass is 407 g/mol. The molecule has 2 aromatic rings. The molecule has 2 aliphatic rings. The van der Waals surface area contributed by atoms with Gasteiger partial charge >= 0.3 is 0 Å². The molecule has 2 N–H and O–H groups in total. The van der Waals surface area contributed by atoms with Crippen LogP contribution in [0, 0.1) is 0 Å². The molecular weight excluding hydrogens is 376 g/mol. The fourth-order valence-corrected chi connectivity index (χ4v) is 4.35. The van der Waals surface area contributed by atoms with E-state index in [1.54, 1.807) is 0 Å². The number of amides is 2. The summed E-state index contributed by atoms with van der Waals surface area (Å²) in [6.45, 7) is 7.27. The zero-order valence-corrected chi connectivity index (χ0v) is 17.6. The minimum Gasteiger partial charge on any atom is -0.374 e. The standard InChI is InChI=1S/C24H30N4O2/c1-19(25-21-9-11-22(12-10-21)28-13-5-8-23(28)29)24(30)27-16-14-26(15-17-27)18-20-6-3-2-4-7-20/h2-4,6-7,9-12,19,25H,5,8,13-18H2,1H3/p+1/t19-/m0/s1. The number of nitrogens with one attached hydrogen (secondary N) is 2. The van der Waals surface area contributed by atoms with Crippen LogP contribution in [0.1, 0.15) is 25.3 Å². The van der Waals surface area contributed by atoms with E-state index in [4.69, 9.17) is 0 Å². The van der Waals surface area contributed by atoms with Crippen molar-refractivity contribution in [1.29, 1.82) is 0 Å². The van der Waals surface area contributed by atoms with Gasteiger partial charge in [-0.25, -0.2) is 0 Å². The summed E-state index contributed by atoms with van der Waals surface area (Å²) < 4.78 is 0. The topological polar surface area (TPSA) is 57.1 Å². The van der Waals surface area contributed by atoms with Crippen molar-refractivity contribution in [2.45, 2.75) is 32.4 Å². The predicted octanol–water partition coefficient (Wildman–Crippen LogP) is 1.54. The Morgan fingerprint density at radius 3 is 2.37 bits per heavy atom. The quantitative estimate of drug-likeness (QED) is 0.764. The summed E-state index contributed by atoms with van der Waals surface area (Å²) in [5, 5.41) is 3.32. The van der Waals surface area contributed by atoms with E-state index in [2.05, 4.69) is 29.6 Å². The van der Waals surface area contributed by atoms with Crippen molar-refractivity contribution in [3.8, 4) is 0 Å². The number of rotatable bonds is 6. The zero-order valence-electron chi connectivity index (χ0n) is 17.6. The highest BCUT2D eigenvalue weighted by Crippen LogP contribution is 2.23. The molecule has 2 aromatic carbocycles. The van der Waals surface area contributed by atoms with Crippen molar-refractivity contribution in [3.63, 3.8) is 0 Å². The number of carbonyl (C=O) groups is 2. The van der Waals surface area contributed by atoms with Crippen molar-refractivity contribution in [2.75, 3.05) is 42.9 Å². The van der Waals surface area contributed by atoms with Crippen LogP contribution in [-0.2, 0) is 16.1 Å². The highest BCUT2D eigenvalue weighted by atomic mass is 16.2. The van der Waals surface area contributed by atoms with Gasteiger partial charge in [-0.1, -0.05) is 30.3 Å². The Morgan fingerprint density at radius 1 is 1.03 bits per heavy atom. The number of benzene rings is 2. The Bertz CT molecular complexity index is 861. The van der Waals surface area contributed by atoms with Gasteiger partial charge in [0.15, 0.2) is 0 Å². The lowest BCUT2D eigenvalue weighted by Crippen LogP contribution is -3.13. The maximum Gasteiger partial charge on any atom is 0.245 e. The van der Waals surface area contributed by atoms with E-state index in [-0.39, 0.29) is 17.9 Å². The number of quaternary nitrogens is 1.